The van der Waals surface area contributed by atoms with Crippen molar-refractivity contribution in [3.8, 4) is 0 Å². The highest BCUT2D eigenvalue weighted by Gasteiger charge is 2.08. The van der Waals surface area contributed by atoms with E-state index in [1.165, 1.54) is 12.1 Å². The van der Waals surface area contributed by atoms with Crippen molar-refractivity contribution in [1.29, 1.82) is 0 Å². The van der Waals surface area contributed by atoms with Gasteiger partial charge in [-0.05, 0) is 30.3 Å². The molecule has 2 rings (SSSR count). The predicted octanol–water partition coefficient (Wildman–Crippen LogP) is 2.42. The largest absolute Gasteiger partial charge is 0.347 e. The van der Waals surface area contributed by atoms with Gasteiger partial charge in [-0.2, -0.15) is 0 Å². The lowest BCUT2D eigenvalue weighted by molar-refractivity contribution is 0.101. The van der Waals surface area contributed by atoms with Crippen molar-refractivity contribution in [2.24, 2.45) is 7.05 Å². The first-order valence-electron chi connectivity index (χ1n) is 4.85. The quantitative estimate of drug-likeness (QED) is 0.825. The molecule has 16 heavy (non-hydrogen) atoms. The number of carbonyl (C=O) groups is 1. The van der Waals surface area contributed by atoms with Gasteiger partial charge in [0.15, 0.2) is 0 Å². The van der Waals surface area contributed by atoms with Crippen LogP contribution < -0.4 is 5.32 Å². The van der Waals surface area contributed by atoms with Crippen LogP contribution in [0, 0.1) is 5.82 Å². The lowest BCUT2D eigenvalue weighted by atomic mass is 10.3. The molecule has 0 bridgehead atoms. The van der Waals surface area contributed by atoms with E-state index in [4.69, 9.17) is 0 Å². The number of hydrogen-bond donors (Lipinski definition) is 1. The van der Waals surface area contributed by atoms with Crippen LogP contribution in [0.25, 0.3) is 0 Å². The molecule has 4 heteroatoms. The van der Waals surface area contributed by atoms with Gasteiger partial charge in [0.2, 0.25) is 0 Å². The number of aryl methyl sites for hydroxylation is 1. The number of benzene rings is 1. The summed E-state index contributed by atoms with van der Waals surface area (Å²) in [6, 6.07) is 9.29. The average molecular weight is 218 g/mol. The van der Waals surface area contributed by atoms with Gasteiger partial charge in [0, 0.05) is 18.9 Å². The fourth-order valence-corrected chi connectivity index (χ4v) is 1.46. The van der Waals surface area contributed by atoms with E-state index in [-0.39, 0.29) is 11.7 Å². The number of carbonyl (C=O) groups excluding carboxylic acids is 1. The van der Waals surface area contributed by atoms with Crippen LogP contribution in [-0.2, 0) is 7.05 Å². The van der Waals surface area contributed by atoms with Crippen molar-refractivity contribution >= 4 is 11.6 Å². The molecule has 0 aliphatic rings. The normalized spacial score (nSPS) is 10.1. The van der Waals surface area contributed by atoms with E-state index >= 15 is 0 Å². The highest BCUT2D eigenvalue weighted by Crippen LogP contribution is 2.11. The lowest BCUT2D eigenvalue weighted by Crippen LogP contribution is -2.15. The summed E-state index contributed by atoms with van der Waals surface area (Å²) in [5, 5.41) is 2.63. The van der Waals surface area contributed by atoms with E-state index in [1.807, 2.05) is 0 Å². The van der Waals surface area contributed by atoms with Gasteiger partial charge in [0.25, 0.3) is 5.91 Å². The molecule has 0 saturated carbocycles. The molecule has 2 aromatic rings. The Labute approximate surface area is 92.5 Å². The fraction of sp³-hybridized carbons (Fsp3) is 0.0833. The van der Waals surface area contributed by atoms with Crippen LogP contribution in [0.2, 0.25) is 0 Å². The SMILES string of the molecule is Cn1cccc1C(=O)Nc1cccc(F)c1. The number of nitrogens with zero attached hydrogens (tertiary/aromatic N) is 1. The highest BCUT2D eigenvalue weighted by molar-refractivity contribution is 6.03. The molecule has 1 heterocycles. The maximum atomic E-state index is 12.9. The van der Waals surface area contributed by atoms with Crippen LogP contribution in [0.3, 0.4) is 0 Å². The second kappa shape index (κ2) is 4.18. The molecule has 82 valence electrons. The third-order valence-electron chi connectivity index (χ3n) is 2.26. The highest BCUT2D eigenvalue weighted by atomic mass is 19.1. The van der Waals surface area contributed by atoms with Gasteiger partial charge in [0.05, 0.1) is 0 Å². The van der Waals surface area contributed by atoms with Crippen molar-refractivity contribution in [1.82, 2.24) is 4.57 Å². The Balaban J connectivity index is 2.17. The van der Waals surface area contributed by atoms with E-state index < -0.39 is 0 Å². The Bertz CT molecular complexity index is 519. The average Bonchev–Trinajstić information content (AvgIpc) is 2.64. The molecule has 1 N–H and O–H groups in total. The molecule has 0 spiro atoms. The Morgan fingerprint density at radius 1 is 1.31 bits per heavy atom. The molecular weight excluding hydrogens is 207 g/mol. The van der Waals surface area contributed by atoms with E-state index in [1.54, 1.807) is 42.1 Å². The lowest BCUT2D eigenvalue weighted by Gasteiger charge is -2.05. The summed E-state index contributed by atoms with van der Waals surface area (Å²) in [5.74, 6) is -0.622. The van der Waals surface area contributed by atoms with Crippen molar-refractivity contribution in [2.45, 2.75) is 0 Å². The number of hydrogen-bond acceptors (Lipinski definition) is 1. The van der Waals surface area contributed by atoms with E-state index in [0.29, 0.717) is 11.4 Å². The Morgan fingerprint density at radius 2 is 2.12 bits per heavy atom. The van der Waals surface area contributed by atoms with Gasteiger partial charge < -0.3 is 9.88 Å². The molecule has 3 nitrogen and oxygen atoms in total. The van der Waals surface area contributed by atoms with Gasteiger partial charge in [-0.25, -0.2) is 4.39 Å². The molecule has 0 radical (unpaired) electrons. The number of anilines is 1. The monoisotopic (exact) mass is 218 g/mol. The van der Waals surface area contributed by atoms with Crippen LogP contribution in [0.4, 0.5) is 10.1 Å². The second-order valence-electron chi connectivity index (χ2n) is 3.47. The van der Waals surface area contributed by atoms with E-state index in [0.717, 1.165) is 0 Å². The Hall–Kier alpha value is -2.10. The zero-order chi connectivity index (χ0) is 11.5. The van der Waals surface area contributed by atoms with Crippen molar-refractivity contribution in [2.75, 3.05) is 5.32 Å². The first kappa shape index (κ1) is 10.4. The van der Waals surface area contributed by atoms with Gasteiger partial charge in [-0.3, -0.25) is 4.79 Å². The molecule has 0 saturated heterocycles. The molecule has 1 aromatic heterocycles. The number of halogens is 1. The summed E-state index contributed by atoms with van der Waals surface area (Å²) < 4.78 is 14.6. The smallest absolute Gasteiger partial charge is 0.272 e. The number of aromatic nitrogens is 1. The third kappa shape index (κ3) is 2.11. The standard InChI is InChI=1S/C12H11FN2O/c1-15-7-3-6-11(15)12(16)14-10-5-2-4-9(13)8-10/h2-8H,1H3,(H,14,16). The Morgan fingerprint density at radius 3 is 2.75 bits per heavy atom. The van der Waals surface area contributed by atoms with Crippen molar-refractivity contribution < 1.29 is 9.18 Å². The van der Waals surface area contributed by atoms with Crippen LogP contribution in [-0.4, -0.2) is 10.5 Å². The van der Waals surface area contributed by atoms with Gasteiger partial charge in [-0.15, -0.1) is 0 Å². The Kier molecular flexibility index (Phi) is 2.72. The molecule has 0 aliphatic heterocycles. The predicted molar refractivity (Wildman–Crippen MR) is 59.8 cm³/mol. The number of rotatable bonds is 2. The van der Waals surface area contributed by atoms with Crippen molar-refractivity contribution in [3.05, 3.63) is 54.1 Å². The number of nitrogens with one attached hydrogen (secondary N) is 1. The maximum absolute atomic E-state index is 12.9. The molecular formula is C12H11FN2O. The molecule has 0 fully saturated rings. The summed E-state index contributed by atoms with van der Waals surface area (Å²) in [5.41, 5.74) is 0.982. The van der Waals surface area contributed by atoms with Gasteiger partial charge in [-0.1, -0.05) is 6.07 Å². The minimum Gasteiger partial charge on any atom is -0.347 e. The molecule has 1 aromatic carbocycles. The summed E-state index contributed by atoms with van der Waals surface area (Å²) >= 11 is 0. The first-order valence-corrected chi connectivity index (χ1v) is 4.85. The summed E-state index contributed by atoms with van der Waals surface area (Å²) in [7, 11) is 1.78. The van der Waals surface area contributed by atoms with Gasteiger partial charge >= 0.3 is 0 Å². The minimum absolute atomic E-state index is 0.252. The first-order chi connectivity index (χ1) is 7.66. The maximum Gasteiger partial charge on any atom is 0.272 e. The molecule has 0 atom stereocenters. The molecule has 1 amide bonds. The van der Waals surface area contributed by atoms with Crippen molar-refractivity contribution in [3.63, 3.8) is 0 Å². The minimum atomic E-state index is -0.371. The van der Waals surface area contributed by atoms with Crippen LogP contribution >= 0.6 is 0 Å². The second-order valence-corrected chi connectivity index (χ2v) is 3.47. The molecule has 0 aliphatic carbocycles. The van der Waals surface area contributed by atoms with Crippen LogP contribution in [0.5, 0.6) is 0 Å². The third-order valence-corrected chi connectivity index (χ3v) is 2.26. The zero-order valence-corrected chi connectivity index (χ0v) is 8.77. The van der Waals surface area contributed by atoms with Crippen LogP contribution in [0.1, 0.15) is 10.5 Å². The van der Waals surface area contributed by atoms with Crippen LogP contribution in [0.15, 0.2) is 42.6 Å². The number of amides is 1. The summed E-state index contributed by atoms with van der Waals surface area (Å²) in [4.78, 5) is 11.8. The van der Waals surface area contributed by atoms with E-state index in [2.05, 4.69) is 5.32 Å². The topological polar surface area (TPSA) is 34.0 Å². The summed E-state index contributed by atoms with van der Waals surface area (Å²) in [6.45, 7) is 0. The fourth-order valence-electron chi connectivity index (χ4n) is 1.46. The van der Waals surface area contributed by atoms with Gasteiger partial charge in [0.1, 0.15) is 11.5 Å². The summed E-state index contributed by atoms with van der Waals surface area (Å²) in [6.07, 6.45) is 1.78. The van der Waals surface area contributed by atoms with E-state index in [9.17, 15) is 9.18 Å². The molecule has 0 unspecified atom stereocenters. The zero-order valence-electron chi connectivity index (χ0n) is 8.77.